The molecule has 3 rings (SSSR count). The van der Waals surface area contributed by atoms with E-state index in [9.17, 15) is 4.79 Å². The minimum Gasteiger partial charge on any atom is -0.360 e. The highest BCUT2D eigenvalue weighted by Crippen LogP contribution is 2.25. The number of carbonyl (C=O) groups is 1. The summed E-state index contributed by atoms with van der Waals surface area (Å²) in [5, 5.41) is 7.31. The Hall–Kier alpha value is -1.07. The third kappa shape index (κ3) is 2.62. The zero-order chi connectivity index (χ0) is 12.5. The molecule has 0 radical (unpaired) electrons. The number of piperazine rings is 1. The lowest BCUT2D eigenvalue weighted by molar-refractivity contribution is 0.0644. The molecule has 106 valence electrons. The number of aromatic nitrogens is 1. The lowest BCUT2D eigenvalue weighted by atomic mass is 9.96. The van der Waals surface area contributed by atoms with Crippen molar-refractivity contribution in [2.24, 2.45) is 0 Å². The van der Waals surface area contributed by atoms with Crippen LogP contribution < -0.4 is 5.32 Å². The van der Waals surface area contributed by atoms with Crippen molar-refractivity contribution in [2.45, 2.75) is 38.6 Å². The number of carbonyl (C=O) groups excluding carboxylic acids is 1. The van der Waals surface area contributed by atoms with Crippen LogP contribution in [0.4, 0.5) is 0 Å². The van der Waals surface area contributed by atoms with Crippen LogP contribution in [0.25, 0.3) is 0 Å². The molecule has 1 atom stereocenters. The average Bonchev–Trinajstić information content (AvgIpc) is 2.82. The molecule has 0 bridgehead atoms. The number of fused-ring (bicyclic) bond motifs is 1. The molecule has 1 aliphatic carbocycles. The van der Waals surface area contributed by atoms with Crippen LogP contribution in [0.2, 0.25) is 0 Å². The summed E-state index contributed by atoms with van der Waals surface area (Å²) in [6.07, 6.45) is 4.12. The molecule has 2 heterocycles. The lowest BCUT2D eigenvalue weighted by Crippen LogP contribution is -2.52. The monoisotopic (exact) mass is 285 g/mol. The van der Waals surface area contributed by atoms with E-state index < -0.39 is 0 Å². The number of rotatable bonds is 1. The summed E-state index contributed by atoms with van der Waals surface area (Å²) >= 11 is 0. The molecular weight excluding hydrogens is 266 g/mol. The Morgan fingerprint density at radius 2 is 2.21 bits per heavy atom. The molecule has 19 heavy (non-hydrogen) atoms. The van der Waals surface area contributed by atoms with Gasteiger partial charge in [0.15, 0.2) is 5.69 Å². The van der Waals surface area contributed by atoms with Gasteiger partial charge in [-0.05, 0) is 26.2 Å². The second kappa shape index (κ2) is 5.92. The van der Waals surface area contributed by atoms with Crippen LogP contribution in [0.15, 0.2) is 4.52 Å². The van der Waals surface area contributed by atoms with Crippen molar-refractivity contribution in [2.75, 3.05) is 19.6 Å². The van der Waals surface area contributed by atoms with Gasteiger partial charge in [0, 0.05) is 37.7 Å². The van der Waals surface area contributed by atoms with Crippen molar-refractivity contribution in [1.29, 1.82) is 0 Å². The van der Waals surface area contributed by atoms with E-state index in [0.29, 0.717) is 5.69 Å². The van der Waals surface area contributed by atoms with Gasteiger partial charge in [-0.2, -0.15) is 0 Å². The van der Waals surface area contributed by atoms with E-state index in [0.717, 1.165) is 56.6 Å². The van der Waals surface area contributed by atoms with Gasteiger partial charge < -0.3 is 14.7 Å². The molecule has 1 N–H and O–H groups in total. The summed E-state index contributed by atoms with van der Waals surface area (Å²) in [4.78, 5) is 14.4. The Bertz CT molecular complexity index is 461. The van der Waals surface area contributed by atoms with Gasteiger partial charge in [0.05, 0.1) is 0 Å². The van der Waals surface area contributed by atoms with Crippen LogP contribution in [-0.4, -0.2) is 41.6 Å². The first-order valence-corrected chi connectivity index (χ1v) is 6.76. The van der Waals surface area contributed by atoms with Gasteiger partial charge in [0.25, 0.3) is 5.91 Å². The summed E-state index contributed by atoms with van der Waals surface area (Å²) in [5.74, 6) is 0.961. The quantitative estimate of drug-likeness (QED) is 0.848. The van der Waals surface area contributed by atoms with E-state index in [1.54, 1.807) is 0 Å². The van der Waals surface area contributed by atoms with Crippen molar-refractivity contribution >= 4 is 18.3 Å². The van der Waals surface area contributed by atoms with Gasteiger partial charge in [-0.25, -0.2) is 0 Å². The van der Waals surface area contributed by atoms with Gasteiger partial charge in [0.2, 0.25) is 0 Å². The molecule has 5 nitrogen and oxygen atoms in total. The van der Waals surface area contributed by atoms with Crippen LogP contribution in [0, 0.1) is 0 Å². The fourth-order valence-electron chi connectivity index (χ4n) is 2.83. The number of hydrogen-bond acceptors (Lipinski definition) is 4. The molecule has 0 unspecified atom stereocenters. The first-order valence-electron chi connectivity index (χ1n) is 6.76. The first kappa shape index (κ1) is 14.3. The maximum atomic E-state index is 12.5. The Balaban J connectivity index is 0.00000133. The smallest absolute Gasteiger partial charge is 0.276 e. The fourth-order valence-corrected chi connectivity index (χ4v) is 2.83. The lowest BCUT2D eigenvalue weighted by Gasteiger charge is -2.33. The molecule has 1 aromatic heterocycles. The Morgan fingerprint density at radius 3 is 3.00 bits per heavy atom. The summed E-state index contributed by atoms with van der Waals surface area (Å²) in [5.41, 5.74) is 1.61. The van der Waals surface area contributed by atoms with Crippen molar-refractivity contribution < 1.29 is 9.32 Å². The number of halogens is 1. The van der Waals surface area contributed by atoms with Gasteiger partial charge >= 0.3 is 0 Å². The van der Waals surface area contributed by atoms with E-state index in [1.165, 1.54) is 0 Å². The van der Waals surface area contributed by atoms with E-state index in [1.807, 2.05) is 4.90 Å². The fraction of sp³-hybridized carbons (Fsp3) is 0.692. The molecule has 6 heteroatoms. The van der Waals surface area contributed by atoms with E-state index in [2.05, 4.69) is 17.4 Å². The molecule has 0 saturated carbocycles. The van der Waals surface area contributed by atoms with E-state index in [4.69, 9.17) is 4.52 Å². The molecule has 0 aromatic carbocycles. The number of hydrogen-bond donors (Lipinski definition) is 1. The highest BCUT2D eigenvalue weighted by Gasteiger charge is 2.30. The van der Waals surface area contributed by atoms with Crippen LogP contribution in [0.1, 0.15) is 41.6 Å². The van der Waals surface area contributed by atoms with Crippen molar-refractivity contribution in [1.82, 2.24) is 15.4 Å². The summed E-state index contributed by atoms with van der Waals surface area (Å²) in [6, 6.07) is 0.224. The van der Waals surface area contributed by atoms with Crippen LogP contribution in [0.3, 0.4) is 0 Å². The van der Waals surface area contributed by atoms with Gasteiger partial charge in [-0.15, -0.1) is 12.4 Å². The molecule has 0 spiro atoms. The standard InChI is InChI=1S/C13H19N3O2.ClH/c1-9-8-14-6-7-16(9)13(17)12-10-4-2-3-5-11(10)18-15-12;/h9,14H,2-8H2,1H3;1H/t9-;/m1./s1. The van der Waals surface area contributed by atoms with E-state index >= 15 is 0 Å². The number of amides is 1. The molecule has 1 amide bonds. The minimum absolute atomic E-state index is 0. The third-order valence-corrected chi connectivity index (χ3v) is 3.91. The van der Waals surface area contributed by atoms with Gasteiger partial charge in [0.1, 0.15) is 5.76 Å². The topological polar surface area (TPSA) is 58.4 Å². The van der Waals surface area contributed by atoms with Crippen LogP contribution >= 0.6 is 12.4 Å². The second-order valence-corrected chi connectivity index (χ2v) is 5.19. The molecule has 2 aliphatic rings. The number of nitrogens with one attached hydrogen (secondary N) is 1. The maximum absolute atomic E-state index is 12.5. The predicted molar refractivity (Wildman–Crippen MR) is 73.8 cm³/mol. The highest BCUT2D eigenvalue weighted by molar-refractivity contribution is 5.94. The first-order chi connectivity index (χ1) is 8.77. The van der Waals surface area contributed by atoms with Crippen LogP contribution in [-0.2, 0) is 12.8 Å². The molecule has 1 fully saturated rings. The molecule has 1 saturated heterocycles. The van der Waals surface area contributed by atoms with Crippen molar-refractivity contribution in [3.8, 4) is 0 Å². The van der Waals surface area contributed by atoms with Gasteiger partial charge in [-0.3, -0.25) is 4.79 Å². The largest absolute Gasteiger partial charge is 0.360 e. The van der Waals surface area contributed by atoms with Gasteiger partial charge in [-0.1, -0.05) is 5.16 Å². The average molecular weight is 286 g/mol. The second-order valence-electron chi connectivity index (χ2n) is 5.19. The highest BCUT2D eigenvalue weighted by atomic mass is 35.5. The molecular formula is C13H20ClN3O2. The zero-order valence-electron chi connectivity index (χ0n) is 11.1. The number of nitrogens with zero attached hydrogens (tertiary/aromatic N) is 2. The SMILES string of the molecule is C[C@@H]1CNCCN1C(=O)c1noc2c1CCCC2.Cl. The zero-order valence-corrected chi connectivity index (χ0v) is 12.0. The normalized spacial score (nSPS) is 22.6. The maximum Gasteiger partial charge on any atom is 0.276 e. The Morgan fingerprint density at radius 1 is 1.42 bits per heavy atom. The molecule has 1 aliphatic heterocycles. The Kier molecular flexibility index (Phi) is 4.47. The predicted octanol–water partition coefficient (Wildman–Crippen LogP) is 1.41. The Labute approximate surface area is 119 Å². The number of aryl methyl sites for hydroxylation is 1. The van der Waals surface area contributed by atoms with Crippen molar-refractivity contribution in [3.63, 3.8) is 0 Å². The molecule has 1 aromatic rings. The van der Waals surface area contributed by atoms with Crippen LogP contribution in [0.5, 0.6) is 0 Å². The third-order valence-electron chi connectivity index (χ3n) is 3.91. The summed E-state index contributed by atoms with van der Waals surface area (Å²) in [7, 11) is 0. The summed E-state index contributed by atoms with van der Waals surface area (Å²) < 4.78 is 5.32. The van der Waals surface area contributed by atoms with Crippen molar-refractivity contribution in [3.05, 3.63) is 17.0 Å². The summed E-state index contributed by atoms with van der Waals surface area (Å²) in [6.45, 7) is 4.53. The van der Waals surface area contributed by atoms with E-state index in [-0.39, 0.29) is 24.4 Å². The minimum atomic E-state index is 0.